The molecule has 1 N–H and O–H groups in total. The average molecular weight is 333 g/mol. The summed E-state index contributed by atoms with van der Waals surface area (Å²) in [6, 6.07) is 0. The summed E-state index contributed by atoms with van der Waals surface area (Å²) in [5, 5.41) is 6.80. The molecule has 24 heavy (non-hydrogen) atoms. The van der Waals surface area contributed by atoms with E-state index in [1.807, 2.05) is 13.8 Å². The molecule has 0 aromatic carbocycles. The van der Waals surface area contributed by atoms with Gasteiger partial charge in [-0.05, 0) is 13.3 Å². The van der Waals surface area contributed by atoms with Crippen molar-refractivity contribution in [2.24, 2.45) is 0 Å². The predicted molar refractivity (Wildman–Crippen MR) is 85.8 cm³/mol. The summed E-state index contributed by atoms with van der Waals surface area (Å²) in [5.41, 5.74) is 0.371. The van der Waals surface area contributed by atoms with E-state index in [0.29, 0.717) is 30.5 Å². The van der Waals surface area contributed by atoms with E-state index in [1.165, 1.54) is 6.33 Å². The molecular weight excluding hydrogens is 310 g/mol. The van der Waals surface area contributed by atoms with Gasteiger partial charge >= 0.3 is 0 Å². The van der Waals surface area contributed by atoms with Gasteiger partial charge in [-0.25, -0.2) is 9.97 Å². The van der Waals surface area contributed by atoms with Gasteiger partial charge in [-0.2, -0.15) is 5.10 Å². The summed E-state index contributed by atoms with van der Waals surface area (Å²) in [7, 11) is 1.75. The fourth-order valence-electron chi connectivity index (χ4n) is 2.93. The Bertz CT molecular complexity index is 695. The van der Waals surface area contributed by atoms with Crippen LogP contribution in [0, 0.1) is 6.92 Å². The molecule has 1 aliphatic heterocycles. The topological polar surface area (TPSA) is 97.1 Å². The van der Waals surface area contributed by atoms with Crippen molar-refractivity contribution in [3.05, 3.63) is 29.5 Å². The van der Waals surface area contributed by atoms with Crippen molar-refractivity contribution in [2.45, 2.75) is 45.1 Å². The molecule has 8 nitrogen and oxygen atoms in total. The maximum absolute atomic E-state index is 12.7. The van der Waals surface area contributed by atoms with Crippen LogP contribution < -0.4 is 0 Å². The summed E-state index contributed by atoms with van der Waals surface area (Å²) < 4.78 is 11.4. The molecule has 0 unspecified atom stereocenters. The van der Waals surface area contributed by atoms with Gasteiger partial charge in [-0.15, -0.1) is 0 Å². The second-order valence-electron chi connectivity index (χ2n) is 6.47. The number of ether oxygens (including phenoxy) is 1. The van der Waals surface area contributed by atoms with Crippen molar-refractivity contribution in [1.82, 2.24) is 25.1 Å². The molecule has 2 atom stereocenters. The number of nitrogens with one attached hydrogen (secondary N) is 1. The summed E-state index contributed by atoms with van der Waals surface area (Å²) >= 11 is 0. The Morgan fingerprint density at radius 2 is 2.29 bits per heavy atom. The van der Waals surface area contributed by atoms with E-state index in [-0.39, 0.29) is 23.8 Å². The third-order valence-corrected chi connectivity index (χ3v) is 4.30. The zero-order chi connectivity index (χ0) is 17.3. The fraction of sp³-hybridized carbons (Fsp3) is 0.625. The van der Waals surface area contributed by atoms with Gasteiger partial charge in [-0.3, -0.25) is 9.89 Å². The van der Waals surface area contributed by atoms with Crippen molar-refractivity contribution in [2.75, 3.05) is 20.2 Å². The molecular formula is C16H23N5O3. The van der Waals surface area contributed by atoms with Gasteiger partial charge in [0.25, 0.3) is 5.91 Å². The van der Waals surface area contributed by atoms with Crippen molar-refractivity contribution in [1.29, 1.82) is 0 Å². The molecule has 8 heteroatoms. The number of hydrogen-bond acceptors (Lipinski definition) is 6. The lowest BCUT2D eigenvalue weighted by Crippen LogP contribution is -2.36. The van der Waals surface area contributed by atoms with Gasteiger partial charge in [0.1, 0.15) is 17.9 Å². The number of aromatic amines is 1. The number of hydrogen-bond donors (Lipinski definition) is 1. The van der Waals surface area contributed by atoms with Gasteiger partial charge in [0.05, 0.1) is 6.10 Å². The summed E-state index contributed by atoms with van der Waals surface area (Å²) in [4.78, 5) is 22.9. The second-order valence-corrected chi connectivity index (χ2v) is 6.47. The summed E-state index contributed by atoms with van der Waals surface area (Å²) in [6.45, 7) is 6.85. The normalized spacial score (nSPS) is 20.7. The highest BCUT2D eigenvalue weighted by Crippen LogP contribution is 2.29. The lowest BCUT2D eigenvalue weighted by atomic mass is 10.0. The van der Waals surface area contributed by atoms with E-state index >= 15 is 0 Å². The van der Waals surface area contributed by atoms with E-state index in [1.54, 1.807) is 18.9 Å². The molecule has 3 heterocycles. The molecule has 0 bridgehead atoms. The van der Waals surface area contributed by atoms with Crippen LogP contribution in [0.4, 0.5) is 0 Å². The van der Waals surface area contributed by atoms with Gasteiger partial charge in [0.2, 0.25) is 0 Å². The Morgan fingerprint density at radius 1 is 1.50 bits per heavy atom. The van der Waals surface area contributed by atoms with E-state index in [9.17, 15) is 4.79 Å². The monoisotopic (exact) mass is 333 g/mol. The summed E-state index contributed by atoms with van der Waals surface area (Å²) in [5.74, 6) is 2.04. The third kappa shape index (κ3) is 3.19. The maximum atomic E-state index is 12.7. The SMILES string of the molecule is Cc1oc(C(C)C)nc1C(=O)N(C)C[C@H]1OCC[C@H]1c1ncn[nH]1. The Kier molecular flexibility index (Phi) is 4.66. The number of oxazole rings is 1. The molecule has 1 fully saturated rings. The lowest BCUT2D eigenvalue weighted by molar-refractivity contribution is 0.0545. The third-order valence-electron chi connectivity index (χ3n) is 4.30. The molecule has 0 radical (unpaired) electrons. The van der Waals surface area contributed by atoms with Crippen LogP contribution in [0.25, 0.3) is 0 Å². The molecule has 2 aromatic heterocycles. The zero-order valence-corrected chi connectivity index (χ0v) is 14.4. The second kappa shape index (κ2) is 6.72. The number of rotatable bonds is 5. The van der Waals surface area contributed by atoms with Gasteiger partial charge < -0.3 is 14.1 Å². The number of likely N-dealkylation sites (N-methyl/N-ethyl adjacent to an activating group) is 1. The standard InChI is InChI=1S/C16H23N5O3/c1-9(2)15-19-13(10(3)24-15)16(22)21(4)7-12-11(5-6-23-12)14-17-8-18-20-14/h8-9,11-12H,5-7H2,1-4H3,(H,17,18,20)/t11-,12-/m1/s1. The molecule has 1 amide bonds. The maximum Gasteiger partial charge on any atom is 0.275 e. The van der Waals surface area contributed by atoms with E-state index in [2.05, 4.69) is 20.2 Å². The Labute approximate surface area is 140 Å². The molecule has 0 spiro atoms. The van der Waals surface area contributed by atoms with Crippen LogP contribution in [0.2, 0.25) is 0 Å². The molecule has 2 aromatic rings. The molecule has 1 saturated heterocycles. The number of carbonyl (C=O) groups is 1. The van der Waals surface area contributed by atoms with Gasteiger partial charge in [0.15, 0.2) is 11.6 Å². The summed E-state index contributed by atoms with van der Waals surface area (Å²) in [6.07, 6.45) is 2.25. The Morgan fingerprint density at radius 3 is 2.92 bits per heavy atom. The first kappa shape index (κ1) is 16.6. The molecule has 1 aliphatic rings. The van der Waals surface area contributed by atoms with Crippen LogP contribution in [0.3, 0.4) is 0 Å². The lowest BCUT2D eigenvalue weighted by Gasteiger charge is -2.23. The number of amides is 1. The fourth-order valence-corrected chi connectivity index (χ4v) is 2.93. The zero-order valence-electron chi connectivity index (χ0n) is 14.4. The highest BCUT2D eigenvalue weighted by atomic mass is 16.5. The first-order chi connectivity index (χ1) is 11.5. The Hall–Kier alpha value is -2.22. The van der Waals surface area contributed by atoms with Gasteiger partial charge in [0, 0.05) is 32.0 Å². The minimum atomic E-state index is -0.157. The van der Waals surface area contributed by atoms with Crippen LogP contribution in [0.15, 0.2) is 10.7 Å². The first-order valence-electron chi connectivity index (χ1n) is 8.17. The highest BCUT2D eigenvalue weighted by molar-refractivity contribution is 5.93. The van der Waals surface area contributed by atoms with Crippen LogP contribution in [-0.4, -0.2) is 57.3 Å². The van der Waals surface area contributed by atoms with E-state index < -0.39 is 0 Å². The predicted octanol–water partition coefficient (Wildman–Crippen LogP) is 1.87. The van der Waals surface area contributed by atoms with Crippen LogP contribution in [0.1, 0.15) is 60.1 Å². The largest absolute Gasteiger partial charge is 0.445 e. The van der Waals surface area contributed by atoms with Crippen molar-refractivity contribution >= 4 is 5.91 Å². The number of carbonyl (C=O) groups excluding carboxylic acids is 1. The van der Waals surface area contributed by atoms with Gasteiger partial charge in [-0.1, -0.05) is 13.8 Å². The van der Waals surface area contributed by atoms with Crippen LogP contribution in [-0.2, 0) is 4.74 Å². The average Bonchev–Trinajstić information content (AvgIpc) is 3.25. The minimum absolute atomic E-state index is 0.108. The first-order valence-corrected chi connectivity index (χ1v) is 8.17. The molecule has 3 rings (SSSR count). The minimum Gasteiger partial charge on any atom is -0.445 e. The van der Waals surface area contributed by atoms with Crippen LogP contribution in [0.5, 0.6) is 0 Å². The van der Waals surface area contributed by atoms with E-state index in [0.717, 1.165) is 12.2 Å². The Balaban J connectivity index is 1.70. The van der Waals surface area contributed by atoms with Crippen molar-refractivity contribution in [3.63, 3.8) is 0 Å². The quantitative estimate of drug-likeness (QED) is 0.897. The van der Waals surface area contributed by atoms with Crippen molar-refractivity contribution < 1.29 is 13.9 Å². The molecule has 0 saturated carbocycles. The number of nitrogens with zero attached hydrogens (tertiary/aromatic N) is 4. The number of aryl methyl sites for hydroxylation is 1. The van der Waals surface area contributed by atoms with Crippen LogP contribution >= 0.6 is 0 Å². The highest BCUT2D eigenvalue weighted by Gasteiger charge is 2.34. The number of aromatic nitrogens is 4. The molecule has 0 aliphatic carbocycles. The van der Waals surface area contributed by atoms with E-state index in [4.69, 9.17) is 9.15 Å². The van der Waals surface area contributed by atoms with Crippen molar-refractivity contribution in [3.8, 4) is 0 Å². The smallest absolute Gasteiger partial charge is 0.275 e. The molecule has 130 valence electrons. The number of H-pyrrole nitrogens is 1.